The number of carbonyl (C=O) groups is 1. The highest BCUT2D eigenvalue weighted by atomic mass is 16.3. The van der Waals surface area contributed by atoms with E-state index < -0.39 is 0 Å². The van der Waals surface area contributed by atoms with Gasteiger partial charge in [0.1, 0.15) is 0 Å². The molecule has 1 amide bonds. The van der Waals surface area contributed by atoms with E-state index in [4.69, 9.17) is 10.8 Å². The Labute approximate surface area is 91.2 Å². The van der Waals surface area contributed by atoms with Crippen LogP contribution in [-0.2, 0) is 4.79 Å². The van der Waals surface area contributed by atoms with E-state index in [1.807, 2.05) is 0 Å². The van der Waals surface area contributed by atoms with E-state index in [0.717, 1.165) is 25.7 Å². The predicted octanol–water partition coefficient (Wildman–Crippen LogP) is 0.391. The van der Waals surface area contributed by atoms with Crippen molar-refractivity contribution in [1.29, 1.82) is 0 Å². The molecule has 0 spiro atoms. The summed E-state index contributed by atoms with van der Waals surface area (Å²) in [7, 11) is 0. The molecule has 88 valence electrons. The van der Waals surface area contributed by atoms with E-state index in [1.165, 1.54) is 0 Å². The van der Waals surface area contributed by atoms with Crippen molar-refractivity contribution in [1.82, 2.24) is 5.32 Å². The van der Waals surface area contributed by atoms with Gasteiger partial charge in [-0.15, -0.1) is 0 Å². The van der Waals surface area contributed by atoms with Gasteiger partial charge in [0.25, 0.3) is 0 Å². The minimum atomic E-state index is -0.348. The van der Waals surface area contributed by atoms with Crippen LogP contribution in [0.1, 0.15) is 39.0 Å². The molecule has 0 bridgehead atoms. The van der Waals surface area contributed by atoms with Crippen LogP contribution in [-0.4, -0.2) is 29.7 Å². The van der Waals surface area contributed by atoms with Gasteiger partial charge >= 0.3 is 0 Å². The molecule has 3 unspecified atom stereocenters. The number of hydrogen-bond donors (Lipinski definition) is 3. The largest absolute Gasteiger partial charge is 0.393 e. The molecule has 1 saturated carbocycles. The summed E-state index contributed by atoms with van der Waals surface area (Å²) in [6, 6.07) is 0.186. The summed E-state index contributed by atoms with van der Waals surface area (Å²) >= 11 is 0. The molecule has 0 aliphatic heterocycles. The van der Waals surface area contributed by atoms with Crippen molar-refractivity contribution in [3.8, 4) is 0 Å². The normalized spacial score (nSPS) is 28.5. The number of hydrogen-bond acceptors (Lipinski definition) is 3. The van der Waals surface area contributed by atoms with E-state index in [9.17, 15) is 4.79 Å². The quantitative estimate of drug-likeness (QED) is 0.633. The van der Waals surface area contributed by atoms with E-state index >= 15 is 0 Å². The summed E-state index contributed by atoms with van der Waals surface area (Å²) in [5.41, 5.74) is 5.82. The van der Waals surface area contributed by atoms with Crippen molar-refractivity contribution >= 4 is 5.91 Å². The van der Waals surface area contributed by atoms with Gasteiger partial charge in [0.05, 0.1) is 6.10 Å². The van der Waals surface area contributed by atoms with Crippen molar-refractivity contribution in [2.75, 3.05) is 6.54 Å². The van der Waals surface area contributed by atoms with Crippen LogP contribution in [0.15, 0.2) is 0 Å². The van der Waals surface area contributed by atoms with Crippen molar-refractivity contribution < 1.29 is 9.90 Å². The Morgan fingerprint density at radius 2 is 2.33 bits per heavy atom. The third-order valence-electron chi connectivity index (χ3n) is 2.95. The molecule has 0 saturated heterocycles. The molecule has 0 aromatic rings. The fourth-order valence-corrected chi connectivity index (χ4v) is 2.01. The van der Waals surface area contributed by atoms with Crippen molar-refractivity contribution in [3.05, 3.63) is 0 Å². The fraction of sp³-hybridized carbons (Fsp3) is 0.909. The average molecular weight is 214 g/mol. The zero-order chi connectivity index (χ0) is 11.3. The van der Waals surface area contributed by atoms with Crippen molar-refractivity contribution in [2.24, 2.45) is 11.7 Å². The van der Waals surface area contributed by atoms with Gasteiger partial charge < -0.3 is 16.2 Å². The zero-order valence-electron chi connectivity index (χ0n) is 9.41. The topological polar surface area (TPSA) is 75.3 Å². The van der Waals surface area contributed by atoms with Gasteiger partial charge in [-0.25, -0.2) is 0 Å². The molecule has 3 atom stereocenters. The first kappa shape index (κ1) is 12.5. The first-order chi connectivity index (χ1) is 7.09. The fourth-order valence-electron chi connectivity index (χ4n) is 2.01. The molecular weight excluding hydrogens is 192 g/mol. The summed E-state index contributed by atoms with van der Waals surface area (Å²) in [6.07, 6.45) is 4.12. The molecule has 1 rings (SSSR count). The molecule has 4 N–H and O–H groups in total. The van der Waals surface area contributed by atoms with Crippen LogP contribution >= 0.6 is 0 Å². The number of aliphatic hydroxyl groups is 1. The van der Waals surface area contributed by atoms with Crippen LogP contribution in [0, 0.1) is 5.92 Å². The third-order valence-corrected chi connectivity index (χ3v) is 2.95. The molecule has 4 heteroatoms. The average Bonchev–Trinajstić information content (AvgIpc) is 2.17. The van der Waals surface area contributed by atoms with Crippen LogP contribution < -0.4 is 11.1 Å². The Morgan fingerprint density at radius 3 is 2.93 bits per heavy atom. The maximum atomic E-state index is 11.7. The molecule has 15 heavy (non-hydrogen) atoms. The Morgan fingerprint density at radius 1 is 1.60 bits per heavy atom. The number of rotatable bonds is 4. The highest BCUT2D eigenvalue weighted by Crippen LogP contribution is 2.22. The molecule has 0 heterocycles. The van der Waals surface area contributed by atoms with E-state index in [-0.39, 0.29) is 24.0 Å². The highest BCUT2D eigenvalue weighted by Gasteiger charge is 2.24. The number of nitrogens with two attached hydrogens (primary N) is 1. The van der Waals surface area contributed by atoms with Crippen LogP contribution in [0.3, 0.4) is 0 Å². The zero-order valence-corrected chi connectivity index (χ0v) is 9.41. The Bertz CT molecular complexity index is 207. The van der Waals surface area contributed by atoms with E-state index in [0.29, 0.717) is 13.0 Å². The minimum Gasteiger partial charge on any atom is -0.393 e. The van der Waals surface area contributed by atoms with Crippen molar-refractivity contribution in [3.63, 3.8) is 0 Å². The smallest absolute Gasteiger partial charge is 0.223 e. The molecule has 1 aliphatic carbocycles. The third kappa shape index (κ3) is 4.62. The number of amides is 1. The van der Waals surface area contributed by atoms with Crippen LogP contribution in [0.5, 0.6) is 0 Å². The lowest BCUT2D eigenvalue weighted by molar-refractivity contribution is -0.126. The van der Waals surface area contributed by atoms with Gasteiger partial charge in [0.2, 0.25) is 5.91 Å². The van der Waals surface area contributed by atoms with E-state index in [1.54, 1.807) is 6.92 Å². The summed E-state index contributed by atoms with van der Waals surface area (Å²) in [5, 5.41) is 11.9. The maximum absolute atomic E-state index is 11.7. The second kappa shape index (κ2) is 6.08. The number of carbonyl (C=O) groups excluding carboxylic acids is 1. The molecule has 1 aliphatic rings. The second-order valence-corrected chi connectivity index (χ2v) is 4.55. The lowest BCUT2D eigenvalue weighted by atomic mass is 9.85. The highest BCUT2D eigenvalue weighted by molar-refractivity contribution is 5.78. The Kier molecular flexibility index (Phi) is 5.05. The maximum Gasteiger partial charge on any atom is 0.223 e. The number of aliphatic hydroxyl groups excluding tert-OH is 1. The van der Waals surface area contributed by atoms with Gasteiger partial charge in [-0.1, -0.05) is 6.42 Å². The second-order valence-electron chi connectivity index (χ2n) is 4.55. The monoisotopic (exact) mass is 214 g/mol. The van der Waals surface area contributed by atoms with Gasteiger partial charge in [-0.3, -0.25) is 4.79 Å². The first-order valence-corrected chi connectivity index (χ1v) is 5.81. The van der Waals surface area contributed by atoms with Gasteiger partial charge in [0.15, 0.2) is 0 Å². The Hall–Kier alpha value is -0.610. The van der Waals surface area contributed by atoms with Crippen LogP contribution in [0.2, 0.25) is 0 Å². The van der Waals surface area contributed by atoms with Gasteiger partial charge in [-0.2, -0.15) is 0 Å². The summed E-state index contributed by atoms with van der Waals surface area (Å²) in [4.78, 5) is 11.7. The van der Waals surface area contributed by atoms with Crippen molar-refractivity contribution in [2.45, 2.75) is 51.2 Å². The molecule has 4 nitrogen and oxygen atoms in total. The lowest BCUT2D eigenvalue weighted by Gasteiger charge is -2.25. The molecule has 0 aromatic heterocycles. The molecule has 1 fully saturated rings. The SMILES string of the molecule is CC(O)CCNC(=O)C1CCCC(N)C1. The summed E-state index contributed by atoms with van der Waals surface area (Å²) < 4.78 is 0. The first-order valence-electron chi connectivity index (χ1n) is 5.81. The standard InChI is InChI=1S/C11H22N2O2/c1-8(14)5-6-13-11(15)9-3-2-4-10(12)7-9/h8-10,14H,2-7,12H2,1H3,(H,13,15). The van der Waals surface area contributed by atoms with Gasteiger partial charge in [0, 0.05) is 18.5 Å². The summed E-state index contributed by atoms with van der Waals surface area (Å²) in [5.74, 6) is 0.188. The lowest BCUT2D eigenvalue weighted by Crippen LogP contribution is -2.38. The predicted molar refractivity (Wildman–Crippen MR) is 59.2 cm³/mol. The van der Waals surface area contributed by atoms with E-state index in [2.05, 4.69) is 5.32 Å². The molecular formula is C11H22N2O2. The minimum absolute atomic E-state index is 0.0859. The Balaban J connectivity index is 2.21. The molecule has 0 aromatic carbocycles. The summed E-state index contributed by atoms with van der Waals surface area (Å²) in [6.45, 7) is 2.28. The van der Waals surface area contributed by atoms with Crippen LogP contribution in [0.25, 0.3) is 0 Å². The number of nitrogens with one attached hydrogen (secondary N) is 1. The van der Waals surface area contributed by atoms with Gasteiger partial charge in [-0.05, 0) is 32.6 Å². The van der Waals surface area contributed by atoms with Crippen LogP contribution in [0.4, 0.5) is 0 Å². The molecule has 0 radical (unpaired) electrons.